The van der Waals surface area contributed by atoms with Gasteiger partial charge in [0, 0.05) is 18.3 Å². The summed E-state index contributed by atoms with van der Waals surface area (Å²) in [5.41, 5.74) is 3.05. The molecule has 1 aromatic carbocycles. The van der Waals surface area contributed by atoms with Crippen LogP contribution in [0.2, 0.25) is 0 Å². The van der Waals surface area contributed by atoms with Gasteiger partial charge in [-0.2, -0.15) is 5.26 Å². The lowest BCUT2D eigenvalue weighted by Gasteiger charge is -2.48. The van der Waals surface area contributed by atoms with E-state index in [0.717, 1.165) is 12.8 Å². The minimum Gasteiger partial charge on any atom is -0.368 e. The number of nitriles is 1. The van der Waals surface area contributed by atoms with Crippen molar-refractivity contribution in [3.63, 3.8) is 0 Å². The molecule has 2 aliphatic heterocycles. The Morgan fingerprint density at radius 1 is 1.27 bits per heavy atom. The predicted octanol–water partition coefficient (Wildman–Crippen LogP) is 2.50. The van der Waals surface area contributed by atoms with E-state index in [1.54, 1.807) is 38.1 Å². The zero-order valence-corrected chi connectivity index (χ0v) is 19.9. The van der Waals surface area contributed by atoms with E-state index >= 15 is 4.39 Å². The fourth-order valence-corrected chi connectivity index (χ4v) is 6.51. The summed E-state index contributed by atoms with van der Waals surface area (Å²) in [7, 11) is -3.38. The van der Waals surface area contributed by atoms with Crippen molar-refractivity contribution in [3.8, 4) is 6.07 Å². The molecule has 8 nitrogen and oxygen atoms in total. The van der Waals surface area contributed by atoms with Gasteiger partial charge in [-0.3, -0.25) is 4.79 Å². The number of rotatable bonds is 6. The van der Waals surface area contributed by atoms with Crippen LogP contribution in [0.4, 0.5) is 10.1 Å². The van der Waals surface area contributed by atoms with Crippen molar-refractivity contribution < 1.29 is 17.6 Å². The Hall–Kier alpha value is -2.22. The third kappa shape index (κ3) is 4.22. The standard InChI is InChI=1S/C23H32FN5O3S/c1-15(2)33(31,32)17-8-6-16(7-9-17)27-21-20-18(10-14-26-22(20)30)29(28-21)23(12-13-25)11-4-3-5-19(23)24/h6-9,15,18-21,27-28H,3-5,10-12,14H2,1-2H3,(H,26,30)/t18?,19-,20?,21?,23-/m1/s1. The number of nitrogens with zero attached hydrogens (tertiary/aromatic N) is 2. The van der Waals surface area contributed by atoms with E-state index in [2.05, 4.69) is 22.1 Å². The van der Waals surface area contributed by atoms with Crippen LogP contribution < -0.4 is 16.1 Å². The van der Waals surface area contributed by atoms with Crippen molar-refractivity contribution in [3.05, 3.63) is 24.3 Å². The van der Waals surface area contributed by atoms with Crippen LogP contribution in [0.1, 0.15) is 52.4 Å². The quantitative estimate of drug-likeness (QED) is 0.577. The summed E-state index contributed by atoms with van der Waals surface area (Å²) >= 11 is 0. The molecule has 3 N–H and O–H groups in total. The third-order valence-corrected chi connectivity index (χ3v) is 9.49. The molecule has 1 aliphatic carbocycles. The molecule has 180 valence electrons. The second-order valence-corrected chi connectivity index (χ2v) is 12.1. The molecule has 0 spiro atoms. The maximum Gasteiger partial charge on any atom is 0.228 e. The highest BCUT2D eigenvalue weighted by molar-refractivity contribution is 7.92. The first-order valence-electron chi connectivity index (χ1n) is 11.7. The summed E-state index contributed by atoms with van der Waals surface area (Å²) in [5, 5.41) is 17.1. The highest BCUT2D eigenvalue weighted by Crippen LogP contribution is 2.43. The number of hydrogen-bond donors (Lipinski definition) is 3. The third-order valence-electron chi connectivity index (χ3n) is 7.32. The van der Waals surface area contributed by atoms with Crippen molar-refractivity contribution in [2.24, 2.45) is 5.92 Å². The number of benzene rings is 1. The van der Waals surface area contributed by atoms with Gasteiger partial charge >= 0.3 is 0 Å². The topological polar surface area (TPSA) is 114 Å². The molecule has 2 heterocycles. The van der Waals surface area contributed by atoms with E-state index in [0.29, 0.717) is 31.5 Å². The molecule has 33 heavy (non-hydrogen) atoms. The second-order valence-electron chi connectivity index (χ2n) is 9.56. The van der Waals surface area contributed by atoms with Crippen molar-refractivity contribution in [1.82, 2.24) is 15.8 Å². The number of alkyl halides is 1. The van der Waals surface area contributed by atoms with Gasteiger partial charge < -0.3 is 10.6 Å². The fourth-order valence-electron chi connectivity index (χ4n) is 5.45. The highest BCUT2D eigenvalue weighted by Gasteiger charge is 2.57. The van der Waals surface area contributed by atoms with Crippen molar-refractivity contribution in [2.75, 3.05) is 11.9 Å². The van der Waals surface area contributed by atoms with Crippen molar-refractivity contribution in [1.29, 1.82) is 5.26 Å². The van der Waals surface area contributed by atoms with E-state index in [-0.39, 0.29) is 23.3 Å². The molecule has 3 aliphatic rings. The van der Waals surface area contributed by atoms with Gasteiger partial charge in [0.25, 0.3) is 0 Å². The van der Waals surface area contributed by atoms with Crippen LogP contribution in [-0.4, -0.2) is 55.0 Å². The molecule has 2 saturated heterocycles. The van der Waals surface area contributed by atoms with Gasteiger partial charge in [-0.15, -0.1) is 0 Å². The van der Waals surface area contributed by atoms with Gasteiger partial charge in [0.2, 0.25) is 5.91 Å². The zero-order chi connectivity index (χ0) is 23.8. The summed E-state index contributed by atoms with van der Waals surface area (Å²) in [5.74, 6) is -0.585. The molecule has 0 aromatic heterocycles. The Morgan fingerprint density at radius 2 is 2.00 bits per heavy atom. The Morgan fingerprint density at radius 3 is 2.64 bits per heavy atom. The molecule has 1 saturated carbocycles. The number of amides is 1. The number of hydrazine groups is 1. The molecular formula is C23H32FN5O3S. The SMILES string of the molecule is CC(C)S(=O)(=O)c1ccc(NC2NN([C@@]3(CC#N)CCCC[C@H]3F)C3CCNC(=O)C23)cc1. The number of carbonyl (C=O) groups excluding carboxylic acids is 1. The molecule has 1 amide bonds. The van der Waals surface area contributed by atoms with Crippen LogP contribution in [0.25, 0.3) is 0 Å². The molecule has 0 bridgehead atoms. The summed E-state index contributed by atoms with van der Waals surface area (Å²) in [6.07, 6.45) is 1.67. The van der Waals surface area contributed by atoms with Gasteiger partial charge in [-0.25, -0.2) is 23.2 Å². The maximum atomic E-state index is 15.4. The van der Waals surface area contributed by atoms with Crippen LogP contribution in [-0.2, 0) is 14.6 Å². The number of sulfone groups is 1. The molecule has 3 unspecified atom stereocenters. The molecule has 10 heteroatoms. The Labute approximate surface area is 194 Å². The van der Waals surface area contributed by atoms with Gasteiger partial charge in [0.05, 0.1) is 34.1 Å². The molecule has 3 fully saturated rings. The van der Waals surface area contributed by atoms with E-state index < -0.39 is 38.9 Å². The van der Waals surface area contributed by atoms with E-state index in [1.807, 2.05) is 5.01 Å². The maximum absolute atomic E-state index is 15.4. The first-order valence-corrected chi connectivity index (χ1v) is 13.2. The van der Waals surface area contributed by atoms with Crippen LogP contribution in [0.3, 0.4) is 0 Å². The minimum absolute atomic E-state index is 0.0560. The Kier molecular flexibility index (Phi) is 6.67. The fraction of sp³-hybridized carbons (Fsp3) is 0.652. The van der Waals surface area contributed by atoms with E-state index in [9.17, 15) is 18.5 Å². The normalized spacial score (nSPS) is 32.8. The highest BCUT2D eigenvalue weighted by atomic mass is 32.2. The smallest absolute Gasteiger partial charge is 0.228 e. The number of carbonyl (C=O) groups is 1. The zero-order valence-electron chi connectivity index (χ0n) is 19.1. The first kappa shape index (κ1) is 23.9. The van der Waals surface area contributed by atoms with Crippen LogP contribution >= 0.6 is 0 Å². The number of hydrogen-bond acceptors (Lipinski definition) is 7. The molecule has 4 rings (SSSR count). The van der Waals surface area contributed by atoms with E-state index in [1.165, 1.54) is 0 Å². The molecular weight excluding hydrogens is 445 g/mol. The molecule has 0 radical (unpaired) electrons. The van der Waals surface area contributed by atoms with Gasteiger partial charge in [-0.05, 0) is 57.4 Å². The summed E-state index contributed by atoms with van der Waals surface area (Å²) in [6.45, 7) is 3.79. The number of nitrogens with one attached hydrogen (secondary N) is 3. The van der Waals surface area contributed by atoms with Crippen molar-refractivity contribution >= 4 is 21.4 Å². The predicted molar refractivity (Wildman–Crippen MR) is 122 cm³/mol. The summed E-state index contributed by atoms with van der Waals surface area (Å²) in [6, 6.07) is 8.42. The number of anilines is 1. The summed E-state index contributed by atoms with van der Waals surface area (Å²) < 4.78 is 40.2. The molecule has 1 aromatic rings. The van der Waals surface area contributed by atoms with Crippen LogP contribution in [0.15, 0.2) is 29.2 Å². The van der Waals surface area contributed by atoms with Gasteiger partial charge in [0.1, 0.15) is 12.3 Å². The van der Waals surface area contributed by atoms with E-state index in [4.69, 9.17) is 0 Å². The van der Waals surface area contributed by atoms with Gasteiger partial charge in [-0.1, -0.05) is 12.8 Å². The summed E-state index contributed by atoms with van der Waals surface area (Å²) in [4.78, 5) is 13.1. The average molecular weight is 478 g/mol. The van der Waals surface area contributed by atoms with Crippen LogP contribution in [0.5, 0.6) is 0 Å². The Bertz CT molecular complexity index is 1030. The first-order chi connectivity index (χ1) is 15.7. The second kappa shape index (κ2) is 9.20. The van der Waals surface area contributed by atoms with Gasteiger partial charge in [0.15, 0.2) is 9.84 Å². The number of halogens is 1. The molecule has 5 atom stereocenters. The Balaban J connectivity index is 1.61. The van der Waals surface area contributed by atoms with Crippen molar-refractivity contribution in [2.45, 2.75) is 86.4 Å². The number of fused-ring (bicyclic) bond motifs is 1. The minimum atomic E-state index is -3.38. The lowest BCUT2D eigenvalue weighted by Crippen LogP contribution is -2.63. The lowest BCUT2D eigenvalue weighted by atomic mass is 9.76. The van der Waals surface area contributed by atoms with Crippen LogP contribution in [0, 0.1) is 17.2 Å². The number of piperidine rings is 1. The average Bonchev–Trinajstić information content (AvgIpc) is 3.16. The largest absolute Gasteiger partial charge is 0.368 e. The lowest BCUT2D eigenvalue weighted by molar-refractivity contribution is -0.129. The monoisotopic (exact) mass is 477 g/mol.